The molecule has 0 saturated carbocycles. The van der Waals surface area contributed by atoms with Gasteiger partial charge in [-0.25, -0.2) is 9.78 Å². The summed E-state index contributed by atoms with van der Waals surface area (Å²) in [5.74, 6) is 2.68. The molecule has 0 saturated heterocycles. The molecular weight excluding hydrogens is 426 g/mol. The molecule has 6 nitrogen and oxygen atoms in total. The molecule has 2 aromatic heterocycles. The van der Waals surface area contributed by atoms with Crippen molar-refractivity contribution in [1.29, 1.82) is 0 Å². The summed E-state index contributed by atoms with van der Waals surface area (Å²) in [5.41, 5.74) is 1.75. The second kappa shape index (κ2) is 9.28. The predicted molar refractivity (Wildman–Crippen MR) is 126 cm³/mol. The molecule has 0 N–H and O–H groups in total. The summed E-state index contributed by atoms with van der Waals surface area (Å²) in [4.78, 5) is 16.6. The number of ether oxygens (including phenoxy) is 3. The number of hydrogen-bond donors (Lipinski definition) is 0. The Hall–Kier alpha value is -3.58. The monoisotopic (exact) mass is 449 g/mol. The van der Waals surface area contributed by atoms with Gasteiger partial charge >= 0.3 is 5.97 Å². The van der Waals surface area contributed by atoms with Crippen LogP contribution in [0.4, 0.5) is 0 Å². The van der Waals surface area contributed by atoms with Gasteiger partial charge in [0.05, 0.1) is 19.9 Å². The van der Waals surface area contributed by atoms with Gasteiger partial charge in [0.2, 0.25) is 0 Å². The minimum absolute atomic E-state index is 0.206. The first-order valence-corrected chi connectivity index (χ1v) is 10.9. The summed E-state index contributed by atoms with van der Waals surface area (Å²) in [6.45, 7) is 4.16. The fourth-order valence-corrected chi connectivity index (χ4v) is 4.42. The van der Waals surface area contributed by atoms with E-state index in [0.717, 1.165) is 32.0 Å². The van der Waals surface area contributed by atoms with Crippen LogP contribution in [0.15, 0.2) is 59.4 Å². The van der Waals surface area contributed by atoms with Gasteiger partial charge in [0.15, 0.2) is 17.9 Å². The third-order valence-electron chi connectivity index (χ3n) is 4.91. The van der Waals surface area contributed by atoms with Crippen LogP contribution in [0.25, 0.3) is 26.8 Å². The molecule has 4 rings (SSSR count). The third kappa shape index (κ3) is 4.38. The Morgan fingerprint density at radius 3 is 2.53 bits per heavy atom. The van der Waals surface area contributed by atoms with Crippen LogP contribution in [-0.2, 0) is 9.53 Å². The maximum Gasteiger partial charge on any atom is 0.330 e. The van der Waals surface area contributed by atoms with Crippen molar-refractivity contribution in [1.82, 2.24) is 4.98 Å². The molecule has 0 bridgehead atoms. The predicted octanol–water partition coefficient (Wildman–Crippen LogP) is 6.67. The summed E-state index contributed by atoms with van der Waals surface area (Å²) >= 11 is 1.58. The van der Waals surface area contributed by atoms with Gasteiger partial charge in [-0.05, 0) is 47.9 Å². The fraction of sp³-hybridized carbons (Fsp3) is 0.200. The number of carbonyl (C=O) groups excluding carboxylic acids is 1. The molecule has 2 aromatic carbocycles. The van der Waals surface area contributed by atoms with Crippen molar-refractivity contribution < 1.29 is 23.4 Å². The van der Waals surface area contributed by atoms with E-state index in [1.807, 2.05) is 42.5 Å². The molecule has 0 spiro atoms. The number of fused-ring (bicyclic) bond motifs is 1. The summed E-state index contributed by atoms with van der Waals surface area (Å²) in [6, 6.07) is 13.4. The van der Waals surface area contributed by atoms with Crippen LogP contribution < -0.4 is 9.47 Å². The van der Waals surface area contributed by atoms with Crippen LogP contribution in [0.2, 0.25) is 0 Å². The van der Waals surface area contributed by atoms with Crippen molar-refractivity contribution >= 4 is 33.5 Å². The van der Waals surface area contributed by atoms with E-state index in [0.29, 0.717) is 17.3 Å². The summed E-state index contributed by atoms with van der Waals surface area (Å²) in [5, 5.41) is 0.964. The molecule has 0 unspecified atom stereocenters. The lowest BCUT2D eigenvalue weighted by Crippen LogP contribution is -1.93. The Labute approximate surface area is 190 Å². The van der Waals surface area contributed by atoms with Gasteiger partial charge in [-0.2, -0.15) is 0 Å². The Balaban J connectivity index is 1.75. The molecule has 0 aliphatic rings. The lowest BCUT2D eigenvalue weighted by molar-refractivity contribution is -0.134. The number of rotatable bonds is 7. The maximum absolute atomic E-state index is 11.3. The minimum Gasteiger partial charge on any atom is -0.497 e. The van der Waals surface area contributed by atoms with E-state index in [1.165, 1.54) is 19.6 Å². The largest absolute Gasteiger partial charge is 0.497 e. The summed E-state index contributed by atoms with van der Waals surface area (Å²) in [7, 11) is 3.00. The molecule has 2 heterocycles. The fourth-order valence-electron chi connectivity index (χ4n) is 3.26. The average Bonchev–Trinajstić information content (AvgIpc) is 3.43. The maximum atomic E-state index is 11.3. The van der Waals surface area contributed by atoms with Gasteiger partial charge in [-0.3, -0.25) is 0 Å². The molecule has 4 aromatic rings. The highest BCUT2D eigenvalue weighted by atomic mass is 32.1. The van der Waals surface area contributed by atoms with Gasteiger partial charge in [0.25, 0.3) is 0 Å². The molecule has 0 radical (unpaired) electrons. The highest BCUT2D eigenvalue weighted by Crippen LogP contribution is 2.48. The number of methoxy groups -OCH3 is 2. The Kier molecular flexibility index (Phi) is 6.28. The van der Waals surface area contributed by atoms with Crippen molar-refractivity contribution in [3.8, 4) is 27.9 Å². The van der Waals surface area contributed by atoms with Crippen molar-refractivity contribution in [3.05, 3.63) is 66.2 Å². The lowest BCUT2D eigenvalue weighted by atomic mass is 10.1. The second-order valence-corrected chi connectivity index (χ2v) is 8.42. The van der Waals surface area contributed by atoms with Crippen LogP contribution in [0.5, 0.6) is 17.2 Å². The quantitative estimate of drug-likeness (QED) is 0.232. The number of esters is 1. The Bertz CT molecular complexity index is 1270. The van der Waals surface area contributed by atoms with Crippen molar-refractivity contribution in [3.63, 3.8) is 0 Å². The van der Waals surface area contributed by atoms with Crippen LogP contribution in [0.1, 0.15) is 31.0 Å². The smallest absolute Gasteiger partial charge is 0.330 e. The van der Waals surface area contributed by atoms with Crippen LogP contribution in [0, 0.1) is 0 Å². The van der Waals surface area contributed by atoms with E-state index in [2.05, 4.69) is 23.6 Å². The average molecular weight is 450 g/mol. The zero-order valence-electron chi connectivity index (χ0n) is 18.2. The van der Waals surface area contributed by atoms with Crippen molar-refractivity contribution in [2.24, 2.45) is 0 Å². The number of aromatic nitrogens is 1. The van der Waals surface area contributed by atoms with Crippen LogP contribution in [0.3, 0.4) is 0 Å². The normalized spacial score (nSPS) is 11.4. The van der Waals surface area contributed by atoms with Gasteiger partial charge in [-0.15, -0.1) is 11.3 Å². The van der Waals surface area contributed by atoms with E-state index in [9.17, 15) is 4.79 Å². The van der Waals surface area contributed by atoms with Gasteiger partial charge in [0.1, 0.15) is 16.4 Å². The number of carbonyl (C=O) groups is 1. The first-order chi connectivity index (χ1) is 15.5. The SMILES string of the molecule is COC(=O)/C=C/c1ccc(Oc2c(-c3ocnc3C(C)C)sc3cc(OC)ccc23)cc1. The number of nitrogens with zero attached hydrogens (tertiary/aromatic N) is 1. The standard InChI is InChI=1S/C25H23NO5S/c1-15(2)22-24(30-14-26-22)25-23(19-11-10-18(28-3)13-20(19)32-25)31-17-8-5-16(6-9-17)7-12-21(27)29-4/h5-15H,1-4H3/b12-7+. The third-order valence-corrected chi connectivity index (χ3v) is 6.05. The highest BCUT2D eigenvalue weighted by Gasteiger charge is 2.23. The lowest BCUT2D eigenvalue weighted by Gasteiger charge is -2.09. The van der Waals surface area contributed by atoms with Gasteiger partial charge in [0, 0.05) is 16.2 Å². The van der Waals surface area contributed by atoms with E-state index in [4.69, 9.17) is 13.9 Å². The number of hydrogen-bond acceptors (Lipinski definition) is 7. The van der Waals surface area contributed by atoms with Gasteiger partial charge in [-0.1, -0.05) is 26.0 Å². The highest BCUT2D eigenvalue weighted by molar-refractivity contribution is 7.22. The molecular formula is C25H23NO5S. The zero-order valence-corrected chi connectivity index (χ0v) is 19.1. The minimum atomic E-state index is -0.400. The first kappa shape index (κ1) is 21.6. The molecule has 0 amide bonds. The number of benzene rings is 2. The first-order valence-electron chi connectivity index (χ1n) is 10.1. The zero-order chi connectivity index (χ0) is 22.7. The Morgan fingerprint density at radius 1 is 1.09 bits per heavy atom. The topological polar surface area (TPSA) is 70.8 Å². The Morgan fingerprint density at radius 2 is 1.84 bits per heavy atom. The van der Waals surface area contributed by atoms with Crippen LogP contribution >= 0.6 is 11.3 Å². The summed E-state index contributed by atoms with van der Waals surface area (Å²) < 4.78 is 23.2. The summed E-state index contributed by atoms with van der Waals surface area (Å²) in [6.07, 6.45) is 4.55. The molecule has 0 fully saturated rings. The van der Waals surface area contributed by atoms with Crippen molar-refractivity contribution in [2.45, 2.75) is 19.8 Å². The van der Waals surface area contributed by atoms with Gasteiger partial charge < -0.3 is 18.6 Å². The molecule has 0 aliphatic heterocycles. The molecule has 164 valence electrons. The van der Waals surface area contributed by atoms with Crippen LogP contribution in [-0.4, -0.2) is 25.2 Å². The molecule has 0 aliphatic carbocycles. The number of oxazole rings is 1. The number of thiophene rings is 1. The molecule has 0 atom stereocenters. The molecule has 7 heteroatoms. The van der Waals surface area contributed by atoms with E-state index < -0.39 is 5.97 Å². The molecule has 32 heavy (non-hydrogen) atoms. The van der Waals surface area contributed by atoms with Crippen molar-refractivity contribution in [2.75, 3.05) is 14.2 Å². The van der Waals surface area contributed by atoms with E-state index in [1.54, 1.807) is 24.5 Å². The van der Waals surface area contributed by atoms with E-state index >= 15 is 0 Å². The van der Waals surface area contributed by atoms with E-state index in [-0.39, 0.29) is 5.92 Å². The second-order valence-electron chi connectivity index (χ2n) is 7.37.